The molecule has 2 aromatic carbocycles. The Hall–Kier alpha value is -2.49. The van der Waals surface area contributed by atoms with Crippen molar-refractivity contribution in [1.82, 2.24) is 0 Å². The van der Waals surface area contributed by atoms with Gasteiger partial charge in [-0.15, -0.1) is 0 Å². The molecule has 2 rings (SSSR count). The van der Waals surface area contributed by atoms with Crippen LogP contribution in [0.2, 0.25) is 0 Å². The van der Waals surface area contributed by atoms with Crippen LogP contribution < -0.4 is 14.8 Å². The van der Waals surface area contributed by atoms with Crippen molar-refractivity contribution in [2.75, 3.05) is 19.0 Å². The average Bonchev–Trinajstić information content (AvgIpc) is 2.62. The minimum Gasteiger partial charge on any atom is -0.497 e. The Kier molecular flexibility index (Phi) is 6.67. The number of carbonyl (C=O) groups is 1. The fourth-order valence-corrected chi connectivity index (χ4v) is 2.65. The highest BCUT2D eigenvalue weighted by atomic mass is 16.5. The fraction of sp³-hybridized carbons (Fsp3) is 0.409. The van der Waals surface area contributed by atoms with E-state index in [1.165, 1.54) is 5.56 Å². The Morgan fingerprint density at radius 2 is 1.77 bits per heavy atom. The van der Waals surface area contributed by atoms with Crippen LogP contribution in [0.15, 0.2) is 42.5 Å². The average molecular weight is 355 g/mol. The lowest BCUT2D eigenvalue weighted by Crippen LogP contribution is -2.31. The zero-order valence-corrected chi connectivity index (χ0v) is 16.4. The molecule has 0 atom stereocenters. The van der Waals surface area contributed by atoms with Gasteiger partial charge in [0.1, 0.15) is 11.5 Å². The monoisotopic (exact) mass is 355 g/mol. The first kappa shape index (κ1) is 19.8. The zero-order valence-electron chi connectivity index (χ0n) is 16.4. The Bertz CT molecular complexity index is 736. The highest BCUT2D eigenvalue weighted by Crippen LogP contribution is 2.26. The quantitative estimate of drug-likeness (QED) is 0.667. The zero-order chi connectivity index (χ0) is 19.2. The first-order chi connectivity index (χ1) is 12.3. The topological polar surface area (TPSA) is 47.6 Å². The summed E-state index contributed by atoms with van der Waals surface area (Å²) in [6, 6.07) is 13.6. The Morgan fingerprint density at radius 3 is 2.42 bits per heavy atom. The van der Waals surface area contributed by atoms with Gasteiger partial charge in [0.2, 0.25) is 5.91 Å². The van der Waals surface area contributed by atoms with Crippen LogP contribution in [-0.4, -0.2) is 19.6 Å². The summed E-state index contributed by atoms with van der Waals surface area (Å²) in [5.41, 5.74) is 2.62. The van der Waals surface area contributed by atoms with E-state index in [0.29, 0.717) is 6.61 Å². The maximum Gasteiger partial charge on any atom is 0.230 e. The van der Waals surface area contributed by atoms with Crippen LogP contribution in [0, 0.1) is 19.3 Å². The smallest absolute Gasteiger partial charge is 0.230 e. The SMILES string of the molecule is COc1ccc(NC(=O)C(C)(C)CCCOc2cc(C)ccc2C)cc1. The highest BCUT2D eigenvalue weighted by Gasteiger charge is 2.27. The van der Waals surface area contributed by atoms with Crippen LogP contribution in [0.25, 0.3) is 0 Å². The lowest BCUT2D eigenvalue weighted by Gasteiger charge is -2.23. The van der Waals surface area contributed by atoms with E-state index in [1.54, 1.807) is 7.11 Å². The summed E-state index contributed by atoms with van der Waals surface area (Å²) in [5, 5.41) is 2.97. The highest BCUT2D eigenvalue weighted by molar-refractivity contribution is 5.94. The Morgan fingerprint density at radius 1 is 1.08 bits per heavy atom. The summed E-state index contributed by atoms with van der Waals surface area (Å²) in [4.78, 5) is 12.6. The van der Waals surface area contributed by atoms with E-state index in [4.69, 9.17) is 9.47 Å². The van der Waals surface area contributed by atoms with E-state index in [-0.39, 0.29) is 5.91 Å². The van der Waals surface area contributed by atoms with Gasteiger partial charge in [0.05, 0.1) is 13.7 Å². The van der Waals surface area contributed by atoms with Crippen LogP contribution in [0.5, 0.6) is 11.5 Å². The van der Waals surface area contributed by atoms with E-state index >= 15 is 0 Å². The molecule has 0 aliphatic carbocycles. The van der Waals surface area contributed by atoms with Crippen molar-refractivity contribution < 1.29 is 14.3 Å². The minimum absolute atomic E-state index is 0.00871. The van der Waals surface area contributed by atoms with E-state index in [9.17, 15) is 4.79 Å². The summed E-state index contributed by atoms with van der Waals surface area (Å²) in [7, 11) is 1.62. The molecule has 0 spiro atoms. The molecule has 26 heavy (non-hydrogen) atoms. The molecular weight excluding hydrogens is 326 g/mol. The van der Waals surface area contributed by atoms with Gasteiger partial charge in [-0.05, 0) is 68.1 Å². The summed E-state index contributed by atoms with van der Waals surface area (Å²) in [6.07, 6.45) is 1.57. The maximum atomic E-state index is 12.6. The third-order valence-corrected chi connectivity index (χ3v) is 4.51. The van der Waals surface area contributed by atoms with Crippen LogP contribution in [-0.2, 0) is 4.79 Å². The van der Waals surface area contributed by atoms with Gasteiger partial charge >= 0.3 is 0 Å². The second kappa shape index (κ2) is 8.75. The van der Waals surface area contributed by atoms with Crippen molar-refractivity contribution in [3.05, 3.63) is 53.6 Å². The molecule has 0 aliphatic rings. The third-order valence-electron chi connectivity index (χ3n) is 4.51. The molecule has 0 unspecified atom stereocenters. The number of hydrogen-bond acceptors (Lipinski definition) is 3. The first-order valence-electron chi connectivity index (χ1n) is 8.97. The summed E-state index contributed by atoms with van der Waals surface area (Å²) >= 11 is 0. The lowest BCUT2D eigenvalue weighted by molar-refractivity contribution is -0.124. The molecule has 1 N–H and O–H groups in total. The second-order valence-corrected chi connectivity index (χ2v) is 7.29. The molecule has 1 amide bonds. The number of rotatable bonds is 8. The van der Waals surface area contributed by atoms with Crippen LogP contribution in [0.3, 0.4) is 0 Å². The number of amides is 1. The van der Waals surface area contributed by atoms with Gasteiger partial charge in [-0.2, -0.15) is 0 Å². The number of nitrogens with one attached hydrogen (secondary N) is 1. The predicted molar refractivity (Wildman–Crippen MR) is 106 cm³/mol. The number of ether oxygens (including phenoxy) is 2. The number of anilines is 1. The fourth-order valence-electron chi connectivity index (χ4n) is 2.65. The van der Waals surface area contributed by atoms with Gasteiger partial charge in [-0.3, -0.25) is 4.79 Å². The number of hydrogen-bond donors (Lipinski definition) is 1. The van der Waals surface area contributed by atoms with E-state index < -0.39 is 5.41 Å². The Balaban J connectivity index is 1.83. The van der Waals surface area contributed by atoms with Crippen LogP contribution in [0.1, 0.15) is 37.8 Å². The summed E-state index contributed by atoms with van der Waals surface area (Å²) in [5.74, 6) is 1.70. The van der Waals surface area contributed by atoms with Gasteiger partial charge < -0.3 is 14.8 Å². The van der Waals surface area contributed by atoms with Gasteiger partial charge in [0.25, 0.3) is 0 Å². The van der Waals surface area contributed by atoms with Gasteiger partial charge in [0.15, 0.2) is 0 Å². The van der Waals surface area contributed by atoms with Crippen molar-refractivity contribution in [2.24, 2.45) is 5.41 Å². The number of carbonyl (C=O) groups excluding carboxylic acids is 1. The number of aryl methyl sites for hydroxylation is 2. The molecule has 0 aromatic heterocycles. The van der Waals surface area contributed by atoms with Crippen LogP contribution in [0.4, 0.5) is 5.69 Å². The molecule has 2 aromatic rings. The lowest BCUT2D eigenvalue weighted by atomic mass is 9.87. The molecule has 0 saturated heterocycles. The van der Waals surface area contributed by atoms with Crippen molar-refractivity contribution in [2.45, 2.75) is 40.5 Å². The van der Waals surface area contributed by atoms with Gasteiger partial charge in [-0.25, -0.2) is 0 Å². The molecule has 0 aliphatic heterocycles. The van der Waals surface area contributed by atoms with Gasteiger partial charge in [-0.1, -0.05) is 26.0 Å². The molecule has 140 valence electrons. The van der Waals surface area contributed by atoms with Crippen molar-refractivity contribution in [3.63, 3.8) is 0 Å². The number of methoxy groups -OCH3 is 1. The predicted octanol–water partition coefficient (Wildman–Crippen LogP) is 5.14. The Labute approximate surface area is 156 Å². The summed E-state index contributed by atoms with van der Waals surface area (Å²) in [6.45, 7) is 8.62. The van der Waals surface area contributed by atoms with E-state index in [1.807, 2.05) is 45.0 Å². The van der Waals surface area contributed by atoms with Crippen molar-refractivity contribution in [1.29, 1.82) is 0 Å². The van der Waals surface area contributed by atoms with Crippen molar-refractivity contribution >= 4 is 11.6 Å². The molecule has 0 radical (unpaired) electrons. The minimum atomic E-state index is -0.467. The van der Waals surface area contributed by atoms with E-state index in [2.05, 4.69) is 30.4 Å². The largest absolute Gasteiger partial charge is 0.497 e. The number of benzene rings is 2. The molecule has 0 bridgehead atoms. The third kappa shape index (κ3) is 5.51. The molecule has 0 saturated carbocycles. The molecule has 0 heterocycles. The molecule has 4 nitrogen and oxygen atoms in total. The summed E-state index contributed by atoms with van der Waals surface area (Å²) < 4.78 is 11.0. The standard InChI is InChI=1S/C22H29NO3/c1-16-7-8-17(2)20(15-16)26-14-6-13-22(3,4)21(24)23-18-9-11-19(25-5)12-10-18/h7-12,15H,6,13-14H2,1-5H3,(H,23,24). The maximum absolute atomic E-state index is 12.6. The van der Waals surface area contributed by atoms with Gasteiger partial charge in [0, 0.05) is 11.1 Å². The van der Waals surface area contributed by atoms with Crippen LogP contribution >= 0.6 is 0 Å². The first-order valence-corrected chi connectivity index (χ1v) is 8.97. The molecule has 0 fully saturated rings. The second-order valence-electron chi connectivity index (χ2n) is 7.29. The van der Waals surface area contributed by atoms with E-state index in [0.717, 1.165) is 35.6 Å². The molecule has 4 heteroatoms. The van der Waals surface area contributed by atoms with Crippen molar-refractivity contribution in [3.8, 4) is 11.5 Å². The molecular formula is C22H29NO3. The normalized spacial score (nSPS) is 11.1.